The highest BCUT2D eigenvalue weighted by molar-refractivity contribution is 7.33. The summed E-state index contributed by atoms with van der Waals surface area (Å²) in [4.78, 5) is 0. The van der Waals surface area contributed by atoms with E-state index in [9.17, 15) is 0 Å². The Balaban J connectivity index is 1.63. The van der Waals surface area contributed by atoms with Crippen LogP contribution in [0.2, 0.25) is 13.1 Å². The Morgan fingerprint density at radius 2 is 1.77 bits per heavy atom. The molecule has 1 aliphatic heterocycles. The summed E-state index contributed by atoms with van der Waals surface area (Å²) in [7, 11) is -1.78. The summed E-state index contributed by atoms with van der Waals surface area (Å²) in [5.41, 5.74) is 0.337. The predicted octanol–water partition coefficient (Wildman–Crippen LogP) is 3.41. The van der Waals surface area contributed by atoms with Gasteiger partial charge in [-0.15, -0.1) is 0 Å². The summed E-state index contributed by atoms with van der Waals surface area (Å²) in [6.45, 7) is 11.9. The molecule has 3 saturated carbocycles. The highest BCUT2D eigenvalue weighted by atomic mass is 28.3. The lowest BCUT2D eigenvalue weighted by Gasteiger charge is -2.64. The van der Waals surface area contributed by atoms with Gasteiger partial charge in [0.25, 0.3) is 0 Å². The molecule has 3 aliphatic carbocycles. The van der Waals surface area contributed by atoms with Crippen LogP contribution in [0, 0.1) is 17.3 Å². The van der Waals surface area contributed by atoms with Crippen LogP contribution in [0.3, 0.4) is 0 Å². The lowest BCUT2D eigenvalue weighted by atomic mass is 9.43. The molecule has 2 nitrogen and oxygen atoms in total. The minimum atomic E-state index is -1.78. The van der Waals surface area contributed by atoms with E-state index in [4.69, 9.17) is 9.31 Å². The summed E-state index contributed by atoms with van der Waals surface area (Å²) in [5, 5.41) is 1.42. The molecule has 1 aromatic rings. The highest BCUT2D eigenvalue weighted by Crippen LogP contribution is 2.65. The van der Waals surface area contributed by atoms with Gasteiger partial charge in [0.2, 0.25) is 0 Å². The summed E-state index contributed by atoms with van der Waals surface area (Å²) in [6, 6.07) is 10.8. The molecular weight excluding hydrogens is 287 g/mol. The molecule has 1 aromatic carbocycles. The predicted molar refractivity (Wildman–Crippen MR) is 93.7 cm³/mol. The average Bonchev–Trinajstić information content (AvgIpc) is 2.85. The number of rotatable bonds is 2. The second kappa shape index (κ2) is 4.49. The molecule has 4 heteroatoms. The normalized spacial score (nSPS) is 39.3. The molecule has 1 unspecified atom stereocenters. The van der Waals surface area contributed by atoms with Gasteiger partial charge < -0.3 is 9.31 Å². The quantitative estimate of drug-likeness (QED) is 0.779. The van der Waals surface area contributed by atoms with E-state index >= 15 is 0 Å². The highest BCUT2D eigenvalue weighted by Gasteiger charge is 2.69. The van der Waals surface area contributed by atoms with Gasteiger partial charge in [-0.3, -0.25) is 0 Å². The van der Waals surface area contributed by atoms with Crippen LogP contribution < -0.4 is 5.19 Å². The molecule has 118 valence electrons. The van der Waals surface area contributed by atoms with Crippen LogP contribution >= 0.6 is 0 Å². The number of hydrogen-bond donors (Lipinski definition) is 0. The molecule has 4 aliphatic rings. The molecule has 1 heterocycles. The van der Waals surface area contributed by atoms with E-state index in [-0.39, 0.29) is 12.3 Å². The molecular formula is C18H27BO2Si. The third kappa shape index (κ3) is 1.81. The molecule has 1 saturated heterocycles. The summed E-state index contributed by atoms with van der Waals surface area (Å²) in [6.07, 6.45) is 2.80. The van der Waals surface area contributed by atoms with Gasteiger partial charge >= 0.3 is 6.71 Å². The Hall–Kier alpha value is -0.578. The maximum atomic E-state index is 6.70. The molecule has 0 radical (unpaired) electrons. The fourth-order valence-electron chi connectivity index (χ4n) is 5.18. The first kappa shape index (κ1) is 15.0. The van der Waals surface area contributed by atoms with Crippen LogP contribution in [0.4, 0.5) is 0 Å². The third-order valence-corrected chi connectivity index (χ3v) is 10.3. The van der Waals surface area contributed by atoms with Gasteiger partial charge in [-0.25, -0.2) is 0 Å². The van der Waals surface area contributed by atoms with Crippen LogP contribution in [-0.2, 0) is 9.31 Å². The zero-order chi connectivity index (χ0) is 15.8. The van der Waals surface area contributed by atoms with E-state index in [1.165, 1.54) is 18.0 Å². The topological polar surface area (TPSA) is 18.5 Å². The van der Waals surface area contributed by atoms with Crippen molar-refractivity contribution in [3.8, 4) is 0 Å². The Morgan fingerprint density at radius 3 is 2.41 bits per heavy atom. The minimum absolute atomic E-state index is 0.0138. The van der Waals surface area contributed by atoms with Crippen molar-refractivity contribution in [2.24, 2.45) is 17.3 Å². The smallest absolute Gasteiger partial charge is 0.408 e. The van der Waals surface area contributed by atoms with Gasteiger partial charge in [0.15, 0.2) is 0 Å². The minimum Gasteiger partial charge on any atom is -0.408 e. The van der Waals surface area contributed by atoms with Crippen molar-refractivity contribution in [2.75, 3.05) is 0 Å². The summed E-state index contributed by atoms with van der Waals surface area (Å²) in [5.74, 6) is 1.47. The van der Waals surface area contributed by atoms with E-state index in [2.05, 4.69) is 64.2 Å². The van der Waals surface area contributed by atoms with E-state index in [0.29, 0.717) is 17.4 Å². The number of hydrogen-bond acceptors (Lipinski definition) is 2. The van der Waals surface area contributed by atoms with Crippen molar-refractivity contribution in [1.29, 1.82) is 0 Å². The first-order chi connectivity index (χ1) is 10.3. The van der Waals surface area contributed by atoms with Gasteiger partial charge in [0, 0.05) is 0 Å². The summed E-state index contributed by atoms with van der Waals surface area (Å²) >= 11 is 0. The van der Waals surface area contributed by atoms with Gasteiger partial charge in [-0.1, -0.05) is 62.5 Å². The zero-order valence-electron chi connectivity index (χ0n) is 14.4. The van der Waals surface area contributed by atoms with E-state index < -0.39 is 7.94 Å². The molecule has 0 spiro atoms. The maximum Gasteiger partial charge on any atom is 0.438 e. The van der Waals surface area contributed by atoms with Crippen LogP contribution in [0.1, 0.15) is 33.6 Å². The average molecular weight is 314 g/mol. The van der Waals surface area contributed by atoms with Crippen molar-refractivity contribution in [2.45, 2.75) is 58.4 Å². The van der Waals surface area contributed by atoms with Gasteiger partial charge in [0.1, 0.15) is 7.94 Å². The van der Waals surface area contributed by atoms with E-state index in [0.717, 1.165) is 5.92 Å². The first-order valence-electron chi connectivity index (χ1n) is 8.65. The van der Waals surface area contributed by atoms with Gasteiger partial charge in [-0.05, 0) is 37.0 Å². The lowest BCUT2D eigenvalue weighted by Crippen LogP contribution is -2.65. The lowest BCUT2D eigenvalue weighted by molar-refractivity contribution is -0.199. The van der Waals surface area contributed by atoms with Crippen molar-refractivity contribution in [3.63, 3.8) is 0 Å². The molecule has 0 aromatic heterocycles. The fourth-order valence-corrected chi connectivity index (χ4v) is 7.56. The second-order valence-corrected chi connectivity index (χ2v) is 13.4. The molecule has 0 amide bonds. The Kier molecular flexibility index (Phi) is 3.06. The monoisotopic (exact) mass is 314 g/mol. The molecule has 0 N–H and O–H groups in total. The van der Waals surface area contributed by atoms with Crippen LogP contribution in [0.15, 0.2) is 30.3 Å². The van der Waals surface area contributed by atoms with Crippen LogP contribution in [0.5, 0.6) is 0 Å². The van der Waals surface area contributed by atoms with Crippen LogP contribution in [-0.4, -0.2) is 26.4 Å². The van der Waals surface area contributed by atoms with Crippen LogP contribution in [0.25, 0.3) is 0 Å². The van der Waals surface area contributed by atoms with Crippen molar-refractivity contribution in [3.05, 3.63) is 30.3 Å². The Bertz CT molecular complexity index is 588. The summed E-state index contributed by atoms with van der Waals surface area (Å²) < 4.78 is 13.2. The van der Waals surface area contributed by atoms with Crippen molar-refractivity contribution >= 4 is 19.8 Å². The largest absolute Gasteiger partial charge is 0.438 e. The molecule has 4 atom stereocenters. The van der Waals surface area contributed by atoms with Crippen molar-refractivity contribution in [1.82, 2.24) is 0 Å². The standard InChI is InChI=1S/C18H27BO2Si/c1-17(2)13-11-15(17)18(3)16(12-13)20-19(21-18)22(4,5)14-9-7-6-8-10-14/h6-10,13,15-16H,11-12H2,1-5H3/t13-,15-,16?,18-/m0/s1. The van der Waals surface area contributed by atoms with Gasteiger partial charge in [-0.2, -0.15) is 0 Å². The SMILES string of the molecule is CC1(C)[C@@H]2CC3OB([Si](C)(C)c4ccccc4)O[C@@]3(C)[C@H]1C2. The van der Waals surface area contributed by atoms with Gasteiger partial charge in [0.05, 0.1) is 11.7 Å². The molecule has 4 fully saturated rings. The second-order valence-electron chi connectivity index (χ2n) is 8.89. The Labute approximate surface area is 135 Å². The molecule has 2 bridgehead atoms. The van der Waals surface area contributed by atoms with Crippen molar-refractivity contribution < 1.29 is 9.31 Å². The zero-order valence-corrected chi connectivity index (χ0v) is 15.4. The molecule has 22 heavy (non-hydrogen) atoms. The van der Waals surface area contributed by atoms with E-state index in [1.807, 2.05) is 0 Å². The maximum absolute atomic E-state index is 6.70. The fraction of sp³-hybridized carbons (Fsp3) is 0.667. The number of benzene rings is 1. The molecule has 5 rings (SSSR count). The first-order valence-corrected chi connectivity index (χ1v) is 11.7. The Morgan fingerprint density at radius 1 is 1.09 bits per heavy atom. The van der Waals surface area contributed by atoms with E-state index in [1.54, 1.807) is 0 Å². The third-order valence-electron chi connectivity index (χ3n) is 7.06.